The van der Waals surface area contributed by atoms with Crippen LogP contribution in [0.4, 0.5) is 16.2 Å². The van der Waals surface area contributed by atoms with Crippen molar-refractivity contribution in [1.29, 1.82) is 0 Å². The summed E-state index contributed by atoms with van der Waals surface area (Å²) in [6.07, 6.45) is 1.47. The minimum atomic E-state index is -0.123. The zero-order valence-corrected chi connectivity index (χ0v) is 7.93. The molecule has 5 nitrogen and oxygen atoms in total. The van der Waals surface area contributed by atoms with Gasteiger partial charge >= 0.3 is 6.03 Å². The van der Waals surface area contributed by atoms with Crippen LogP contribution in [0.1, 0.15) is 0 Å². The van der Waals surface area contributed by atoms with Gasteiger partial charge in [-0.1, -0.05) is 6.07 Å². The molecule has 0 aromatic heterocycles. The highest BCUT2D eigenvalue weighted by atomic mass is 16.2. The molecule has 15 heavy (non-hydrogen) atoms. The van der Waals surface area contributed by atoms with E-state index in [0.29, 0.717) is 18.8 Å². The lowest BCUT2D eigenvalue weighted by Crippen LogP contribution is -2.27. The van der Waals surface area contributed by atoms with Gasteiger partial charge in [-0.3, -0.25) is 4.90 Å². The van der Waals surface area contributed by atoms with Gasteiger partial charge in [-0.05, 0) is 18.2 Å². The van der Waals surface area contributed by atoms with Gasteiger partial charge in [0, 0.05) is 18.8 Å². The van der Waals surface area contributed by atoms with Gasteiger partial charge in [-0.2, -0.15) is 4.99 Å². The Balaban J connectivity index is 2.31. The predicted molar refractivity (Wildman–Crippen MR) is 55.0 cm³/mol. The van der Waals surface area contributed by atoms with Gasteiger partial charge in [-0.15, -0.1) is 0 Å². The lowest BCUT2D eigenvalue weighted by Gasteiger charge is -2.13. The SMILES string of the molecule is O=C=Nc1cccc(N2CCNC2=O)c1. The van der Waals surface area contributed by atoms with E-state index < -0.39 is 0 Å². The molecule has 1 heterocycles. The number of isocyanates is 1. The summed E-state index contributed by atoms with van der Waals surface area (Å²) in [4.78, 5) is 26.5. The maximum atomic E-state index is 11.4. The smallest absolute Gasteiger partial charge is 0.321 e. The van der Waals surface area contributed by atoms with Crippen LogP contribution in [0.2, 0.25) is 0 Å². The first-order valence-corrected chi connectivity index (χ1v) is 4.54. The molecular weight excluding hydrogens is 194 g/mol. The average molecular weight is 203 g/mol. The highest BCUT2D eigenvalue weighted by Gasteiger charge is 2.20. The van der Waals surface area contributed by atoms with E-state index in [1.807, 2.05) is 0 Å². The zero-order valence-electron chi connectivity index (χ0n) is 7.93. The molecule has 2 rings (SSSR count). The molecule has 1 aliphatic rings. The Kier molecular flexibility index (Phi) is 2.48. The third-order valence-corrected chi connectivity index (χ3v) is 2.17. The number of amides is 2. The minimum Gasteiger partial charge on any atom is -0.336 e. The summed E-state index contributed by atoms with van der Waals surface area (Å²) in [7, 11) is 0. The average Bonchev–Trinajstić information content (AvgIpc) is 2.65. The second kappa shape index (κ2) is 3.94. The van der Waals surface area contributed by atoms with Crippen molar-refractivity contribution >= 4 is 23.5 Å². The van der Waals surface area contributed by atoms with Crippen LogP contribution < -0.4 is 10.2 Å². The number of rotatable bonds is 2. The molecule has 1 fully saturated rings. The lowest BCUT2D eigenvalue weighted by molar-refractivity contribution is 0.252. The van der Waals surface area contributed by atoms with Crippen LogP contribution >= 0.6 is 0 Å². The second-order valence-electron chi connectivity index (χ2n) is 3.11. The number of nitrogens with zero attached hydrogens (tertiary/aromatic N) is 2. The Hall–Kier alpha value is -2.13. The molecule has 76 valence electrons. The maximum absolute atomic E-state index is 11.4. The molecule has 0 atom stereocenters. The molecule has 0 saturated carbocycles. The summed E-state index contributed by atoms with van der Waals surface area (Å²) in [5.74, 6) is 0. The van der Waals surface area contributed by atoms with Gasteiger partial charge in [0.25, 0.3) is 0 Å². The van der Waals surface area contributed by atoms with E-state index in [0.717, 1.165) is 5.69 Å². The summed E-state index contributed by atoms with van der Waals surface area (Å²) in [6, 6.07) is 6.78. The summed E-state index contributed by atoms with van der Waals surface area (Å²) in [6.45, 7) is 1.27. The van der Waals surface area contributed by atoms with E-state index in [9.17, 15) is 9.59 Å². The second-order valence-corrected chi connectivity index (χ2v) is 3.11. The molecule has 1 N–H and O–H groups in total. The van der Waals surface area contributed by atoms with Crippen LogP contribution in [0.15, 0.2) is 29.3 Å². The molecular formula is C10H9N3O2. The number of nitrogens with one attached hydrogen (secondary N) is 1. The van der Waals surface area contributed by atoms with Crippen molar-refractivity contribution in [3.05, 3.63) is 24.3 Å². The Morgan fingerprint density at radius 2 is 2.33 bits per heavy atom. The molecule has 0 bridgehead atoms. The first-order chi connectivity index (χ1) is 7.31. The third-order valence-electron chi connectivity index (χ3n) is 2.17. The van der Waals surface area contributed by atoms with Gasteiger partial charge in [0.1, 0.15) is 0 Å². The molecule has 0 unspecified atom stereocenters. The van der Waals surface area contributed by atoms with Crippen molar-refractivity contribution in [3.8, 4) is 0 Å². The fraction of sp³-hybridized carbons (Fsp3) is 0.200. The molecule has 1 aliphatic heterocycles. The third kappa shape index (κ3) is 1.87. The standard InChI is InChI=1S/C10H9N3O2/c14-7-12-8-2-1-3-9(6-8)13-5-4-11-10(13)15/h1-3,6H,4-5H2,(H,11,15). The van der Waals surface area contributed by atoms with Crippen LogP contribution in [0.5, 0.6) is 0 Å². The number of urea groups is 1. The monoisotopic (exact) mass is 203 g/mol. The Morgan fingerprint density at radius 1 is 1.47 bits per heavy atom. The largest absolute Gasteiger partial charge is 0.336 e. The van der Waals surface area contributed by atoms with Crippen LogP contribution in [0.25, 0.3) is 0 Å². The maximum Gasteiger partial charge on any atom is 0.321 e. The van der Waals surface area contributed by atoms with E-state index in [1.54, 1.807) is 29.2 Å². The van der Waals surface area contributed by atoms with E-state index in [1.165, 1.54) is 6.08 Å². The Morgan fingerprint density at radius 3 is 3.00 bits per heavy atom. The number of aliphatic imine (C=N–C) groups is 1. The molecule has 0 radical (unpaired) electrons. The number of benzene rings is 1. The molecule has 5 heteroatoms. The van der Waals surface area contributed by atoms with Crippen molar-refractivity contribution < 1.29 is 9.59 Å². The molecule has 1 aromatic rings. The quantitative estimate of drug-likeness (QED) is 0.579. The fourth-order valence-electron chi connectivity index (χ4n) is 1.50. The van der Waals surface area contributed by atoms with Gasteiger partial charge in [0.05, 0.1) is 5.69 Å². The number of anilines is 1. The van der Waals surface area contributed by atoms with Gasteiger partial charge < -0.3 is 5.32 Å². The number of hydrogen-bond donors (Lipinski definition) is 1. The van der Waals surface area contributed by atoms with E-state index in [4.69, 9.17) is 0 Å². The molecule has 1 saturated heterocycles. The Labute approximate surface area is 86.4 Å². The van der Waals surface area contributed by atoms with Crippen molar-refractivity contribution in [3.63, 3.8) is 0 Å². The molecule has 2 amide bonds. The topological polar surface area (TPSA) is 61.8 Å². The van der Waals surface area contributed by atoms with Crippen LogP contribution in [0.3, 0.4) is 0 Å². The number of hydrogen-bond acceptors (Lipinski definition) is 3. The summed E-state index contributed by atoms with van der Waals surface area (Å²) >= 11 is 0. The first kappa shape index (κ1) is 9.43. The van der Waals surface area contributed by atoms with E-state index >= 15 is 0 Å². The minimum absolute atomic E-state index is 0.123. The Bertz CT molecular complexity index is 438. The van der Waals surface area contributed by atoms with Gasteiger partial charge in [0.15, 0.2) is 0 Å². The highest BCUT2D eigenvalue weighted by molar-refractivity contribution is 5.94. The van der Waals surface area contributed by atoms with Crippen molar-refractivity contribution in [2.45, 2.75) is 0 Å². The van der Waals surface area contributed by atoms with Crippen molar-refractivity contribution in [2.75, 3.05) is 18.0 Å². The lowest BCUT2D eigenvalue weighted by atomic mass is 10.2. The molecule has 0 aliphatic carbocycles. The van der Waals surface area contributed by atoms with Crippen LogP contribution in [-0.2, 0) is 4.79 Å². The number of carbonyl (C=O) groups excluding carboxylic acids is 2. The highest BCUT2D eigenvalue weighted by Crippen LogP contribution is 2.22. The summed E-state index contributed by atoms with van der Waals surface area (Å²) in [5, 5.41) is 2.70. The summed E-state index contributed by atoms with van der Waals surface area (Å²) < 4.78 is 0. The molecule has 1 aromatic carbocycles. The van der Waals surface area contributed by atoms with Crippen LogP contribution in [-0.4, -0.2) is 25.2 Å². The van der Waals surface area contributed by atoms with Gasteiger partial charge in [-0.25, -0.2) is 9.59 Å². The van der Waals surface area contributed by atoms with Crippen molar-refractivity contribution in [2.24, 2.45) is 4.99 Å². The predicted octanol–water partition coefficient (Wildman–Crippen LogP) is 1.18. The molecule has 0 spiro atoms. The fourth-order valence-corrected chi connectivity index (χ4v) is 1.50. The number of carbonyl (C=O) groups is 1. The van der Waals surface area contributed by atoms with Crippen molar-refractivity contribution in [1.82, 2.24) is 5.32 Å². The summed E-state index contributed by atoms with van der Waals surface area (Å²) in [5.41, 5.74) is 1.24. The normalized spacial score (nSPS) is 14.7. The van der Waals surface area contributed by atoms with Gasteiger partial charge in [0.2, 0.25) is 6.08 Å². The van der Waals surface area contributed by atoms with Crippen LogP contribution in [0, 0.1) is 0 Å². The first-order valence-electron chi connectivity index (χ1n) is 4.54. The van der Waals surface area contributed by atoms with E-state index in [2.05, 4.69) is 10.3 Å². The zero-order chi connectivity index (χ0) is 10.7. The van der Waals surface area contributed by atoms with E-state index in [-0.39, 0.29) is 6.03 Å².